The van der Waals surface area contributed by atoms with Crippen LogP contribution in [0.3, 0.4) is 0 Å². The number of amidine groups is 1. The second kappa shape index (κ2) is 38.1. The lowest BCUT2D eigenvalue weighted by atomic mass is 9.92. The number of alkyl carbamates (subject to hydrolysis) is 1. The molecule has 1 saturated heterocycles. The van der Waals surface area contributed by atoms with Gasteiger partial charge >= 0.3 is 6.09 Å². The van der Waals surface area contributed by atoms with E-state index in [4.69, 9.17) is 67.4 Å². The van der Waals surface area contributed by atoms with Gasteiger partial charge in [-0.3, -0.25) is 38.7 Å². The molecule has 432 valence electrons. The van der Waals surface area contributed by atoms with Crippen LogP contribution in [0, 0.1) is 0 Å². The molecule has 1 aromatic rings. The maximum atomic E-state index is 13.4. The Balaban J connectivity index is 0.849. The molecule has 4 heterocycles. The minimum absolute atomic E-state index is 0.0331. The van der Waals surface area contributed by atoms with Crippen molar-refractivity contribution in [2.45, 2.75) is 32.3 Å². The summed E-state index contributed by atoms with van der Waals surface area (Å²) in [4.78, 5) is 90.5. The van der Waals surface area contributed by atoms with E-state index >= 15 is 0 Å². The summed E-state index contributed by atoms with van der Waals surface area (Å²) in [5.41, 5.74) is 6.82. The van der Waals surface area contributed by atoms with E-state index in [2.05, 4.69) is 20.6 Å². The predicted octanol–water partition coefficient (Wildman–Crippen LogP) is -0.178. The molecule has 77 heavy (non-hydrogen) atoms. The highest BCUT2D eigenvalue weighted by atomic mass is 16.7. The number of imide groups is 1. The average molecular weight is 1100 g/mol. The second-order valence-corrected chi connectivity index (χ2v) is 17.0. The van der Waals surface area contributed by atoms with Crippen LogP contribution in [0.15, 0.2) is 35.0 Å². The highest BCUT2D eigenvalue weighted by Crippen LogP contribution is 2.30. The topological polar surface area (TPSA) is 307 Å². The third-order valence-corrected chi connectivity index (χ3v) is 11.1. The molecule has 1 aromatic heterocycles. The molecule has 1 fully saturated rings. The van der Waals surface area contributed by atoms with Crippen molar-refractivity contribution in [3.63, 3.8) is 0 Å². The predicted molar refractivity (Wildman–Crippen MR) is 274 cm³/mol. The molecule has 4 N–H and O–H groups in total. The van der Waals surface area contributed by atoms with E-state index in [1.807, 2.05) is 6.92 Å². The second-order valence-electron chi connectivity index (χ2n) is 17.0. The SMILES string of the molecule is CCCN(OCC)C(=O)C1=Cc2ncc(C(=O)N3CC(CNC(=O)OCCOCCOCCOCCOCCOCCOCCOCCOCCOCCOCCNC(=O)CN4C(=O)C=CC4=O)(OC)C3)cc2N=C(N)C1. The standard InChI is InChI=1S/C50H78N8O19/c1-4-9-58(77-5-2)48(63)39-31-41-42(55-43(51)33-39)32-40(34-53-41)47(62)56-37-50(38-56,65-3)36-54-49(64)76-30-29-75-28-27-74-26-25-73-24-23-72-22-21-71-20-19-70-18-17-69-16-15-68-14-13-67-12-11-66-10-8-52-44(59)35-57-45(60)6-7-46(57)61/h6-7,31-32,34H,4-5,8-30,33,35-38H2,1-3H3,(H2,51,55)(H,52,59)(H,54,64). The number of aliphatic imine (C=N–C) groups is 1. The van der Waals surface area contributed by atoms with E-state index in [-0.39, 0.29) is 76.6 Å². The highest BCUT2D eigenvalue weighted by molar-refractivity contribution is 6.14. The molecular formula is C50H78N8O19. The largest absolute Gasteiger partial charge is 0.447 e. The number of fused-ring (bicyclic) bond motifs is 1. The Morgan fingerprint density at radius 1 is 0.688 bits per heavy atom. The molecule has 3 aliphatic heterocycles. The number of methoxy groups -OCH3 is 1. The van der Waals surface area contributed by atoms with Crippen LogP contribution in [-0.4, -0.2) is 259 Å². The van der Waals surface area contributed by atoms with Gasteiger partial charge in [0.1, 0.15) is 24.6 Å². The molecule has 27 nitrogen and oxygen atoms in total. The van der Waals surface area contributed by atoms with Crippen LogP contribution in [-0.2, 0) is 80.9 Å². The van der Waals surface area contributed by atoms with Crippen molar-refractivity contribution in [3.8, 4) is 0 Å². The van der Waals surface area contributed by atoms with Crippen LogP contribution < -0.4 is 16.4 Å². The van der Waals surface area contributed by atoms with Gasteiger partial charge in [-0.15, -0.1) is 0 Å². The Bertz CT molecular complexity index is 2030. The molecule has 3 aliphatic rings. The molecule has 0 saturated carbocycles. The summed E-state index contributed by atoms with van der Waals surface area (Å²) in [6, 6.07) is 1.59. The number of carbonyl (C=O) groups is 6. The molecule has 0 aromatic carbocycles. The maximum Gasteiger partial charge on any atom is 0.407 e. The number of hydrogen-bond donors (Lipinski definition) is 3. The molecule has 0 aliphatic carbocycles. The number of amides is 6. The van der Waals surface area contributed by atoms with Gasteiger partial charge in [0.25, 0.3) is 23.6 Å². The Morgan fingerprint density at radius 3 is 1.64 bits per heavy atom. The van der Waals surface area contributed by atoms with Crippen molar-refractivity contribution in [2.24, 2.45) is 10.7 Å². The first-order valence-corrected chi connectivity index (χ1v) is 25.8. The molecule has 6 amide bonds. The highest BCUT2D eigenvalue weighted by Gasteiger charge is 2.46. The minimum Gasteiger partial charge on any atom is -0.447 e. The molecule has 0 unspecified atom stereocenters. The fourth-order valence-electron chi connectivity index (χ4n) is 7.16. The number of carbonyl (C=O) groups excluding carboxylic acids is 6. The Kier molecular flexibility index (Phi) is 31.6. The van der Waals surface area contributed by atoms with Crippen molar-refractivity contribution >= 4 is 53.2 Å². The van der Waals surface area contributed by atoms with Gasteiger partial charge in [0.05, 0.1) is 175 Å². The van der Waals surface area contributed by atoms with Crippen molar-refractivity contribution in [1.82, 2.24) is 30.5 Å². The zero-order chi connectivity index (χ0) is 55.4. The van der Waals surface area contributed by atoms with Crippen LogP contribution in [0.25, 0.3) is 6.08 Å². The zero-order valence-electron chi connectivity index (χ0n) is 44.7. The minimum atomic E-state index is -0.799. The summed E-state index contributed by atoms with van der Waals surface area (Å²) in [5.74, 6) is -1.85. The monoisotopic (exact) mass is 1090 g/mol. The van der Waals surface area contributed by atoms with E-state index in [0.29, 0.717) is 161 Å². The molecule has 0 radical (unpaired) electrons. The van der Waals surface area contributed by atoms with Gasteiger partial charge < -0.3 is 78.1 Å². The smallest absolute Gasteiger partial charge is 0.407 e. The number of nitrogens with zero attached hydrogens (tertiary/aromatic N) is 5. The lowest BCUT2D eigenvalue weighted by Gasteiger charge is -2.48. The van der Waals surface area contributed by atoms with E-state index in [1.54, 1.807) is 24.0 Å². The first-order chi connectivity index (χ1) is 37.5. The summed E-state index contributed by atoms with van der Waals surface area (Å²) < 4.78 is 65.6. The Morgan fingerprint density at radius 2 is 1.17 bits per heavy atom. The lowest BCUT2D eigenvalue weighted by molar-refractivity contribution is -0.180. The van der Waals surface area contributed by atoms with Crippen molar-refractivity contribution in [3.05, 3.63) is 41.2 Å². The third-order valence-electron chi connectivity index (χ3n) is 11.1. The van der Waals surface area contributed by atoms with Crippen molar-refractivity contribution in [2.75, 3.05) is 192 Å². The number of nitrogens with one attached hydrogen (secondary N) is 2. The normalized spacial score (nSPS) is 14.7. The number of hydrogen-bond acceptors (Lipinski definition) is 22. The summed E-state index contributed by atoms with van der Waals surface area (Å²) in [6.45, 7) is 12.8. The molecule has 4 rings (SSSR count). The fourth-order valence-corrected chi connectivity index (χ4v) is 7.16. The first-order valence-electron chi connectivity index (χ1n) is 25.8. The number of pyridine rings is 1. The zero-order valence-corrected chi connectivity index (χ0v) is 44.7. The number of rotatable bonds is 44. The fraction of sp³-hybridized carbons (Fsp3) is 0.680. The number of likely N-dealkylation sites (tertiary alicyclic amines) is 1. The van der Waals surface area contributed by atoms with E-state index < -0.39 is 29.4 Å². The maximum absolute atomic E-state index is 13.4. The van der Waals surface area contributed by atoms with Crippen LogP contribution in [0.5, 0.6) is 0 Å². The van der Waals surface area contributed by atoms with Gasteiger partial charge in [0.15, 0.2) is 0 Å². The average Bonchev–Trinajstić information content (AvgIpc) is 3.61. The van der Waals surface area contributed by atoms with Gasteiger partial charge in [-0.1, -0.05) is 6.92 Å². The van der Waals surface area contributed by atoms with Gasteiger partial charge in [-0.05, 0) is 25.5 Å². The summed E-state index contributed by atoms with van der Waals surface area (Å²) in [5, 5.41) is 6.60. The van der Waals surface area contributed by atoms with Gasteiger partial charge in [0.2, 0.25) is 5.91 Å². The van der Waals surface area contributed by atoms with E-state index in [9.17, 15) is 28.8 Å². The molecule has 0 bridgehead atoms. The van der Waals surface area contributed by atoms with Crippen LogP contribution >= 0.6 is 0 Å². The summed E-state index contributed by atoms with van der Waals surface area (Å²) in [6.07, 6.45) is 5.50. The van der Waals surface area contributed by atoms with Crippen molar-refractivity contribution < 1.29 is 90.4 Å². The molecule has 0 spiro atoms. The summed E-state index contributed by atoms with van der Waals surface area (Å²) in [7, 11) is 1.51. The molecule has 27 heteroatoms. The first kappa shape index (κ1) is 64.0. The van der Waals surface area contributed by atoms with Gasteiger partial charge in [-0.25, -0.2) is 14.9 Å². The third kappa shape index (κ3) is 25.2. The quantitative estimate of drug-likeness (QED) is 0.0434. The van der Waals surface area contributed by atoms with Crippen molar-refractivity contribution in [1.29, 1.82) is 0 Å². The van der Waals surface area contributed by atoms with E-state index in [0.717, 1.165) is 17.1 Å². The lowest BCUT2D eigenvalue weighted by Crippen LogP contribution is -2.68. The van der Waals surface area contributed by atoms with Gasteiger partial charge in [-0.2, -0.15) is 0 Å². The molecule has 0 atom stereocenters. The Labute approximate surface area is 449 Å². The van der Waals surface area contributed by atoms with Gasteiger partial charge in [0, 0.05) is 50.5 Å². The number of ether oxygens (including phenoxy) is 12. The summed E-state index contributed by atoms with van der Waals surface area (Å²) >= 11 is 0. The van der Waals surface area contributed by atoms with Crippen LogP contribution in [0.2, 0.25) is 0 Å². The van der Waals surface area contributed by atoms with Crippen LogP contribution in [0.1, 0.15) is 42.7 Å². The van der Waals surface area contributed by atoms with Crippen LogP contribution in [0.4, 0.5) is 10.5 Å². The number of nitrogens with two attached hydrogens (primary N) is 1. The number of aromatic nitrogens is 1. The Hall–Kier alpha value is -5.56. The molecular weight excluding hydrogens is 1020 g/mol. The van der Waals surface area contributed by atoms with E-state index in [1.165, 1.54) is 18.4 Å². The number of hydroxylamine groups is 2.